The predicted octanol–water partition coefficient (Wildman–Crippen LogP) is 2.51. The average molecular weight is 231 g/mol. The van der Waals surface area contributed by atoms with Gasteiger partial charge >= 0.3 is 0 Å². The first kappa shape index (κ1) is 11.1. The van der Waals surface area contributed by atoms with Gasteiger partial charge in [-0.25, -0.2) is 0 Å². The van der Waals surface area contributed by atoms with Crippen molar-refractivity contribution in [3.8, 4) is 0 Å². The molecule has 2 nitrogen and oxygen atoms in total. The fourth-order valence-corrected chi connectivity index (χ4v) is 2.42. The average Bonchev–Trinajstić information content (AvgIpc) is 2.32. The normalized spacial score (nSPS) is 10.4. The molecule has 0 amide bonds. The van der Waals surface area contributed by atoms with Crippen LogP contribution in [0.1, 0.15) is 11.3 Å². The minimum Gasteiger partial charge on any atom is -0.260 e. The van der Waals surface area contributed by atoms with E-state index in [0.717, 1.165) is 11.4 Å². The van der Waals surface area contributed by atoms with Crippen molar-refractivity contribution in [1.29, 1.82) is 0 Å². The van der Waals surface area contributed by atoms with Crippen LogP contribution in [-0.4, -0.2) is 4.98 Å². The number of nitrogens with zero attached hydrogens (tertiary/aromatic N) is 2. The minimum atomic E-state index is 0.915. The van der Waals surface area contributed by atoms with E-state index in [9.17, 15) is 0 Å². The van der Waals surface area contributed by atoms with Crippen molar-refractivity contribution in [2.45, 2.75) is 17.7 Å². The zero-order valence-electron chi connectivity index (χ0n) is 9.55. The second kappa shape index (κ2) is 5.12. The van der Waals surface area contributed by atoms with Crippen molar-refractivity contribution in [1.82, 2.24) is 4.98 Å². The van der Waals surface area contributed by atoms with Gasteiger partial charge in [-0.05, 0) is 24.6 Å². The molecule has 82 valence electrons. The topological polar surface area (TPSA) is 16.8 Å². The Morgan fingerprint density at radius 2 is 2.19 bits per heavy atom. The third kappa shape index (κ3) is 2.83. The van der Waals surface area contributed by atoms with Gasteiger partial charge in [-0.3, -0.25) is 4.98 Å². The summed E-state index contributed by atoms with van der Waals surface area (Å²) in [6.45, 7) is 2.12. The van der Waals surface area contributed by atoms with E-state index in [2.05, 4.69) is 47.9 Å². The Kier molecular flexibility index (Phi) is 3.57. The van der Waals surface area contributed by atoms with Crippen molar-refractivity contribution in [2.24, 2.45) is 7.05 Å². The summed E-state index contributed by atoms with van der Waals surface area (Å²) in [5.74, 6) is 0.915. The first-order valence-corrected chi connectivity index (χ1v) is 6.23. The number of hydrogen-bond donors (Lipinski definition) is 0. The van der Waals surface area contributed by atoms with Crippen LogP contribution in [0.15, 0.2) is 47.8 Å². The molecule has 0 saturated carbocycles. The van der Waals surface area contributed by atoms with Crippen LogP contribution in [0.3, 0.4) is 0 Å². The third-order valence-corrected chi connectivity index (χ3v) is 3.50. The Bertz CT molecular complexity index is 469. The quantitative estimate of drug-likeness (QED) is 0.596. The third-order valence-electron chi connectivity index (χ3n) is 2.35. The van der Waals surface area contributed by atoms with Gasteiger partial charge in [0.15, 0.2) is 6.20 Å². The Balaban J connectivity index is 2.08. The van der Waals surface area contributed by atoms with Gasteiger partial charge in [0, 0.05) is 24.1 Å². The van der Waals surface area contributed by atoms with Crippen molar-refractivity contribution in [3.63, 3.8) is 0 Å². The van der Waals surface area contributed by atoms with Gasteiger partial charge in [0.25, 0.3) is 0 Å². The predicted molar refractivity (Wildman–Crippen MR) is 66.2 cm³/mol. The molecular weight excluding hydrogens is 216 g/mol. The summed E-state index contributed by atoms with van der Waals surface area (Å²) >= 11 is 1.81. The zero-order valence-corrected chi connectivity index (χ0v) is 10.4. The van der Waals surface area contributed by atoms with Gasteiger partial charge in [0.1, 0.15) is 7.05 Å². The molecule has 0 atom stereocenters. The highest BCUT2D eigenvalue weighted by Crippen LogP contribution is 2.18. The molecular formula is C13H15N2S+. The van der Waals surface area contributed by atoms with Crippen LogP contribution in [-0.2, 0) is 12.8 Å². The Morgan fingerprint density at radius 1 is 1.31 bits per heavy atom. The smallest absolute Gasteiger partial charge is 0.240 e. The Labute approximate surface area is 100 Å². The summed E-state index contributed by atoms with van der Waals surface area (Å²) in [7, 11) is 2.07. The molecule has 0 aliphatic carbocycles. The van der Waals surface area contributed by atoms with E-state index >= 15 is 0 Å². The summed E-state index contributed by atoms with van der Waals surface area (Å²) in [4.78, 5) is 4.32. The first-order valence-electron chi connectivity index (χ1n) is 5.25. The lowest BCUT2D eigenvalue weighted by molar-refractivity contribution is -0.708. The molecule has 0 spiro atoms. The Hall–Kier alpha value is -1.35. The van der Waals surface area contributed by atoms with Gasteiger partial charge in [-0.1, -0.05) is 17.8 Å². The molecule has 0 fully saturated rings. The summed E-state index contributed by atoms with van der Waals surface area (Å²) in [5.41, 5.74) is 2.41. The fourth-order valence-electron chi connectivity index (χ4n) is 1.42. The molecule has 0 aliphatic rings. The molecule has 0 aromatic carbocycles. The molecule has 2 heterocycles. The molecule has 3 heteroatoms. The van der Waals surface area contributed by atoms with E-state index in [4.69, 9.17) is 0 Å². The summed E-state index contributed by atoms with van der Waals surface area (Å²) in [6, 6.07) is 10.3. The summed E-state index contributed by atoms with van der Waals surface area (Å²) in [5, 5.41) is 1.27. The maximum Gasteiger partial charge on any atom is 0.240 e. The van der Waals surface area contributed by atoms with E-state index in [1.807, 2.05) is 30.1 Å². The van der Waals surface area contributed by atoms with Gasteiger partial charge in [-0.15, -0.1) is 0 Å². The highest BCUT2D eigenvalue weighted by Gasteiger charge is 2.07. The molecule has 0 aliphatic heterocycles. The van der Waals surface area contributed by atoms with E-state index in [-0.39, 0.29) is 0 Å². The number of aromatic nitrogens is 2. The van der Waals surface area contributed by atoms with Crippen LogP contribution in [0.5, 0.6) is 0 Å². The van der Waals surface area contributed by atoms with Crippen LogP contribution in [0.25, 0.3) is 0 Å². The van der Waals surface area contributed by atoms with Gasteiger partial charge < -0.3 is 0 Å². The lowest BCUT2D eigenvalue weighted by atomic mass is 10.3. The second-order valence-corrected chi connectivity index (χ2v) is 4.76. The lowest BCUT2D eigenvalue weighted by Gasteiger charge is -2.00. The van der Waals surface area contributed by atoms with E-state index in [1.54, 1.807) is 0 Å². The maximum absolute atomic E-state index is 4.32. The van der Waals surface area contributed by atoms with Crippen LogP contribution in [0, 0.1) is 6.92 Å². The molecule has 0 N–H and O–H groups in total. The van der Waals surface area contributed by atoms with Crippen LogP contribution in [0.4, 0.5) is 0 Å². The van der Waals surface area contributed by atoms with Crippen molar-refractivity contribution >= 4 is 11.8 Å². The van der Waals surface area contributed by atoms with E-state index in [0.29, 0.717) is 0 Å². The molecule has 16 heavy (non-hydrogen) atoms. The number of pyridine rings is 2. The second-order valence-electron chi connectivity index (χ2n) is 3.76. The monoisotopic (exact) mass is 231 g/mol. The van der Waals surface area contributed by atoms with Gasteiger partial charge in [-0.2, -0.15) is 4.57 Å². The first-order chi connectivity index (χ1) is 7.75. The largest absolute Gasteiger partial charge is 0.260 e. The van der Waals surface area contributed by atoms with Crippen LogP contribution in [0.2, 0.25) is 0 Å². The van der Waals surface area contributed by atoms with Crippen molar-refractivity contribution in [3.05, 3.63) is 54.0 Å². The van der Waals surface area contributed by atoms with Gasteiger partial charge in [0.2, 0.25) is 5.03 Å². The number of rotatable bonds is 3. The molecule has 0 saturated heterocycles. The van der Waals surface area contributed by atoms with Crippen LogP contribution < -0.4 is 4.57 Å². The van der Waals surface area contributed by atoms with Crippen LogP contribution >= 0.6 is 11.8 Å². The van der Waals surface area contributed by atoms with E-state index in [1.165, 1.54) is 10.6 Å². The van der Waals surface area contributed by atoms with Gasteiger partial charge in [0.05, 0.1) is 5.69 Å². The molecule has 2 rings (SSSR count). The zero-order chi connectivity index (χ0) is 11.4. The maximum atomic E-state index is 4.32. The molecule has 2 aromatic rings. The standard InChI is InChI=1S/C13H15N2S/c1-11-6-8-15(2)13(9-11)16-10-12-5-3-4-7-14-12/h3-9H,10H2,1-2H3/q+1. The van der Waals surface area contributed by atoms with E-state index < -0.39 is 0 Å². The minimum absolute atomic E-state index is 0.915. The summed E-state index contributed by atoms with van der Waals surface area (Å²) < 4.78 is 2.14. The molecule has 0 radical (unpaired) electrons. The Morgan fingerprint density at radius 3 is 2.94 bits per heavy atom. The fraction of sp³-hybridized carbons (Fsp3) is 0.231. The molecule has 0 unspecified atom stereocenters. The SMILES string of the molecule is Cc1cc[n+](C)c(SCc2ccccn2)c1. The number of thioether (sulfide) groups is 1. The highest BCUT2D eigenvalue weighted by molar-refractivity contribution is 7.98. The van der Waals surface area contributed by atoms with Crippen molar-refractivity contribution < 1.29 is 4.57 Å². The van der Waals surface area contributed by atoms with Crippen molar-refractivity contribution in [2.75, 3.05) is 0 Å². The number of aryl methyl sites for hydroxylation is 2. The molecule has 2 aromatic heterocycles. The lowest BCUT2D eigenvalue weighted by Crippen LogP contribution is -2.30. The molecule has 0 bridgehead atoms. The summed E-state index contributed by atoms with van der Waals surface area (Å²) in [6.07, 6.45) is 3.93. The highest BCUT2D eigenvalue weighted by atomic mass is 32.2. The number of hydrogen-bond acceptors (Lipinski definition) is 2.